The Morgan fingerprint density at radius 2 is 1.75 bits per heavy atom. The monoisotopic (exact) mass is 799 g/mol. The number of halogens is 1. The van der Waals surface area contributed by atoms with Crippen LogP contribution in [0.4, 0.5) is 0 Å². The number of unbranched alkanes of at least 4 members (excludes halogenated alkanes) is 3. The second kappa shape index (κ2) is 17.6. The van der Waals surface area contributed by atoms with Gasteiger partial charge in [0.2, 0.25) is 17.7 Å². The Morgan fingerprint density at radius 1 is 1.09 bits per heavy atom. The van der Waals surface area contributed by atoms with Crippen LogP contribution in [0.5, 0.6) is 0 Å². The van der Waals surface area contributed by atoms with Crippen LogP contribution in [0.25, 0.3) is 0 Å². The van der Waals surface area contributed by atoms with Crippen LogP contribution in [0.3, 0.4) is 0 Å². The first-order valence-corrected chi connectivity index (χ1v) is 20.1. The minimum absolute atomic E-state index is 0.0865. The van der Waals surface area contributed by atoms with E-state index in [1.807, 2.05) is 42.2 Å². The Kier molecular flexibility index (Phi) is 14.2. The van der Waals surface area contributed by atoms with Gasteiger partial charge in [-0.1, -0.05) is 92.0 Å². The number of carbonyl (C=O) groups excluding carboxylic acids is 4. The van der Waals surface area contributed by atoms with Crippen LogP contribution in [0.2, 0.25) is 0 Å². The molecule has 1 N–H and O–H groups in total. The summed E-state index contributed by atoms with van der Waals surface area (Å²) in [4.78, 5) is 62.5. The quantitative estimate of drug-likeness (QED) is 0.0725. The summed E-state index contributed by atoms with van der Waals surface area (Å²) in [6.07, 6.45) is 6.70. The zero-order valence-corrected chi connectivity index (χ0v) is 34.5. The van der Waals surface area contributed by atoms with Crippen molar-refractivity contribution in [2.24, 2.45) is 17.3 Å². The zero-order chi connectivity index (χ0) is 39.3. The van der Waals surface area contributed by atoms with Crippen molar-refractivity contribution < 1.29 is 33.8 Å². The fraction of sp³-hybridized carbons (Fsp3) is 0.667. The molecular weight excluding hydrogens is 738 g/mol. The number of allylic oxidation sites excluding steroid dienone is 1. The first kappa shape index (κ1) is 42.7. The number of hydrogen-bond acceptors (Lipinski definition) is 7. The lowest BCUT2D eigenvalue weighted by Gasteiger charge is -2.45. The molecular formula is C42H62BrN3O7. The molecule has 11 heteroatoms. The van der Waals surface area contributed by atoms with Crippen molar-refractivity contribution in [3.05, 3.63) is 61.2 Å². The standard InChI is InChI=1S/C42H62BrN3O7/c1-10-12-22-31(48)44(9)28(3)34(29-20-16-15-17-21-29)52-39(51)32-33-37(49)45(24-18-13-14-19-25-47)36(42(33)26-30(43)35(32)53-42)38(50)46(23-11-2)41(7,8)27-40(4,5)6/h10-11,15-17,20-21,28,30,32-36,47H,1-2,12-14,18-19,22-27H2,3-9H3/t28-,30?,32+,33-,34+,35+,36+,42-/m0/s1. The highest BCUT2D eigenvalue weighted by atomic mass is 79.9. The number of aliphatic hydroxyl groups excluding tert-OH is 1. The Balaban J connectivity index is 1.74. The lowest BCUT2D eigenvalue weighted by Crippen LogP contribution is -2.61. The topological polar surface area (TPSA) is 117 Å². The molecule has 3 heterocycles. The highest BCUT2D eigenvalue weighted by Gasteiger charge is 2.77. The Morgan fingerprint density at radius 3 is 2.36 bits per heavy atom. The van der Waals surface area contributed by atoms with Crippen LogP contribution in [-0.4, -0.2) is 104 Å². The number of esters is 1. The number of likely N-dealkylation sites (tertiary alicyclic amines) is 1. The molecule has 53 heavy (non-hydrogen) atoms. The summed E-state index contributed by atoms with van der Waals surface area (Å²) < 4.78 is 13.2. The number of aliphatic hydroxyl groups is 1. The fourth-order valence-corrected chi connectivity index (χ4v) is 10.0. The number of carbonyl (C=O) groups is 4. The molecule has 10 nitrogen and oxygen atoms in total. The third kappa shape index (κ3) is 9.10. The third-order valence-electron chi connectivity index (χ3n) is 11.2. The molecule has 4 rings (SSSR count). The van der Waals surface area contributed by atoms with Gasteiger partial charge in [-0.25, -0.2) is 0 Å². The smallest absolute Gasteiger partial charge is 0.313 e. The van der Waals surface area contributed by atoms with Gasteiger partial charge in [0.1, 0.15) is 17.7 Å². The average molecular weight is 801 g/mol. The van der Waals surface area contributed by atoms with E-state index in [-0.39, 0.29) is 41.0 Å². The minimum atomic E-state index is -1.25. The van der Waals surface area contributed by atoms with E-state index in [4.69, 9.17) is 9.47 Å². The average Bonchev–Trinajstić information content (AvgIpc) is 3.69. The largest absolute Gasteiger partial charge is 0.455 e. The van der Waals surface area contributed by atoms with Crippen LogP contribution >= 0.6 is 15.9 Å². The van der Waals surface area contributed by atoms with Crippen molar-refractivity contribution in [2.45, 2.75) is 133 Å². The van der Waals surface area contributed by atoms with Crippen molar-refractivity contribution in [2.75, 3.05) is 26.7 Å². The molecule has 0 saturated carbocycles. The first-order chi connectivity index (χ1) is 25.0. The van der Waals surface area contributed by atoms with Gasteiger partial charge in [0, 0.05) is 43.5 Å². The first-order valence-electron chi connectivity index (χ1n) is 19.2. The zero-order valence-electron chi connectivity index (χ0n) is 32.9. The van der Waals surface area contributed by atoms with Gasteiger partial charge < -0.3 is 29.3 Å². The number of likely N-dealkylation sites (N-methyl/N-ethyl adjacent to an activating group) is 1. The molecule has 294 valence electrons. The SMILES string of the molecule is C=CCCC(=O)N(C)[C@@H](C)[C@@H](OC(=O)[C@H]1[C@@H]2O[C@@]3(CC2Br)[C@@H]1C(=O)N(CCCCCCO)[C@@H]3C(=O)N(CC=C)C(C)(C)CC(C)(C)C)c1ccccc1. The van der Waals surface area contributed by atoms with Gasteiger partial charge in [-0.05, 0) is 63.9 Å². The highest BCUT2D eigenvalue weighted by Crippen LogP contribution is 2.61. The van der Waals surface area contributed by atoms with Crippen molar-refractivity contribution in [3.63, 3.8) is 0 Å². The molecule has 8 atom stereocenters. The van der Waals surface area contributed by atoms with E-state index >= 15 is 4.79 Å². The molecule has 3 saturated heterocycles. The number of benzene rings is 1. The van der Waals surface area contributed by atoms with Gasteiger partial charge in [0.25, 0.3) is 0 Å². The summed E-state index contributed by atoms with van der Waals surface area (Å²) in [5.41, 5.74) is -1.19. The fourth-order valence-electron chi connectivity index (χ4n) is 9.10. The van der Waals surface area contributed by atoms with Crippen molar-refractivity contribution in [1.29, 1.82) is 0 Å². The van der Waals surface area contributed by atoms with Gasteiger partial charge in [-0.3, -0.25) is 19.2 Å². The molecule has 0 aromatic heterocycles. The summed E-state index contributed by atoms with van der Waals surface area (Å²) in [6, 6.07) is 7.86. The number of rotatable bonds is 19. The van der Waals surface area contributed by atoms with E-state index in [9.17, 15) is 19.5 Å². The molecule has 1 aromatic carbocycles. The van der Waals surface area contributed by atoms with E-state index in [2.05, 4.69) is 63.7 Å². The Bertz CT molecular complexity index is 1480. The molecule has 1 unspecified atom stereocenters. The second-order valence-corrected chi connectivity index (χ2v) is 18.1. The van der Waals surface area contributed by atoms with Crippen LogP contribution < -0.4 is 0 Å². The summed E-state index contributed by atoms with van der Waals surface area (Å²) in [5.74, 6) is -3.06. The second-order valence-electron chi connectivity index (χ2n) is 17.0. The van der Waals surface area contributed by atoms with E-state index in [0.717, 1.165) is 18.4 Å². The van der Waals surface area contributed by atoms with Gasteiger partial charge in [-0.15, -0.1) is 13.2 Å². The Labute approximate surface area is 325 Å². The molecule has 0 radical (unpaired) electrons. The number of fused-ring (bicyclic) bond motifs is 1. The van der Waals surface area contributed by atoms with Crippen LogP contribution in [0, 0.1) is 17.3 Å². The highest BCUT2D eigenvalue weighted by molar-refractivity contribution is 9.09. The molecule has 3 amide bonds. The number of amides is 3. The molecule has 3 aliphatic rings. The minimum Gasteiger partial charge on any atom is -0.455 e. The predicted octanol–water partition coefficient (Wildman–Crippen LogP) is 6.61. The molecule has 1 aromatic rings. The molecule has 2 bridgehead atoms. The van der Waals surface area contributed by atoms with E-state index < -0.39 is 53.2 Å². The molecule has 0 aliphatic carbocycles. The van der Waals surface area contributed by atoms with Crippen molar-refractivity contribution >= 4 is 39.6 Å². The van der Waals surface area contributed by atoms with Crippen LogP contribution in [0.15, 0.2) is 55.6 Å². The van der Waals surface area contributed by atoms with E-state index in [1.165, 1.54) is 0 Å². The van der Waals surface area contributed by atoms with E-state index in [0.29, 0.717) is 45.2 Å². The number of hydrogen-bond donors (Lipinski definition) is 1. The maximum Gasteiger partial charge on any atom is 0.313 e. The van der Waals surface area contributed by atoms with Crippen LogP contribution in [0.1, 0.15) is 105 Å². The molecule has 3 aliphatic heterocycles. The maximum absolute atomic E-state index is 15.1. The predicted molar refractivity (Wildman–Crippen MR) is 210 cm³/mol. The lowest BCUT2D eigenvalue weighted by atomic mass is 9.70. The summed E-state index contributed by atoms with van der Waals surface area (Å²) in [7, 11) is 1.70. The summed E-state index contributed by atoms with van der Waals surface area (Å²) in [6.45, 7) is 20.8. The normalized spacial score (nSPS) is 26.2. The molecule has 3 fully saturated rings. The number of alkyl halides is 1. The van der Waals surface area contributed by atoms with E-state index in [1.54, 1.807) is 29.0 Å². The summed E-state index contributed by atoms with van der Waals surface area (Å²) >= 11 is 3.80. The van der Waals surface area contributed by atoms with Crippen molar-refractivity contribution in [3.8, 4) is 0 Å². The summed E-state index contributed by atoms with van der Waals surface area (Å²) in [5, 5.41) is 9.34. The van der Waals surface area contributed by atoms with Gasteiger partial charge in [-0.2, -0.15) is 0 Å². The maximum atomic E-state index is 15.1. The van der Waals surface area contributed by atoms with Crippen molar-refractivity contribution in [1.82, 2.24) is 14.7 Å². The number of nitrogens with zero attached hydrogens (tertiary/aromatic N) is 3. The van der Waals surface area contributed by atoms with Gasteiger partial charge in [0.15, 0.2) is 0 Å². The number of ether oxygens (including phenoxy) is 2. The Hall–Kier alpha value is -3.02. The lowest BCUT2D eigenvalue weighted by molar-refractivity contribution is -0.164. The molecule has 1 spiro atoms. The van der Waals surface area contributed by atoms with Gasteiger partial charge in [0.05, 0.1) is 24.0 Å². The van der Waals surface area contributed by atoms with Crippen LogP contribution in [-0.2, 0) is 28.7 Å². The van der Waals surface area contributed by atoms with Gasteiger partial charge >= 0.3 is 5.97 Å². The third-order valence-corrected chi connectivity index (χ3v) is 12.1.